The van der Waals surface area contributed by atoms with Crippen LogP contribution in [0.3, 0.4) is 0 Å². The summed E-state index contributed by atoms with van der Waals surface area (Å²) >= 11 is 0. The fraction of sp³-hybridized carbons (Fsp3) is 1.00. The molecule has 110 valence electrons. The second kappa shape index (κ2) is 9.58. The number of hydrogen-bond acceptors (Lipinski definition) is 3. The second-order valence-electron chi connectivity index (χ2n) is 3.95. The Hall–Kier alpha value is -0.330. The van der Waals surface area contributed by atoms with Gasteiger partial charge >= 0.3 is 6.18 Å². The molecule has 1 atom stereocenters. The number of nitrogens with one attached hydrogen (secondary N) is 1. The molecule has 0 aromatic rings. The first-order valence-electron chi connectivity index (χ1n) is 6.47. The highest BCUT2D eigenvalue weighted by Gasteiger charge is 2.28. The van der Waals surface area contributed by atoms with Crippen molar-refractivity contribution in [3.63, 3.8) is 0 Å². The Balaban J connectivity index is 4.23. The summed E-state index contributed by atoms with van der Waals surface area (Å²) in [6.45, 7) is 7.21. The van der Waals surface area contributed by atoms with Gasteiger partial charge in [0.05, 0.1) is 6.04 Å². The highest BCUT2D eigenvalue weighted by Crippen LogP contribution is 2.23. The van der Waals surface area contributed by atoms with Gasteiger partial charge in [0.15, 0.2) is 6.29 Å². The van der Waals surface area contributed by atoms with Crippen LogP contribution in [-0.4, -0.2) is 38.3 Å². The molecule has 18 heavy (non-hydrogen) atoms. The molecule has 0 aromatic heterocycles. The van der Waals surface area contributed by atoms with Crippen LogP contribution in [0.4, 0.5) is 13.2 Å². The molecule has 0 bridgehead atoms. The highest BCUT2D eigenvalue weighted by molar-refractivity contribution is 4.71. The zero-order chi connectivity index (χ0) is 14.0. The molecule has 0 aromatic carbocycles. The lowest BCUT2D eigenvalue weighted by Gasteiger charge is -2.27. The minimum Gasteiger partial charge on any atom is -0.351 e. The van der Waals surface area contributed by atoms with Crippen LogP contribution < -0.4 is 5.32 Å². The third-order valence-electron chi connectivity index (χ3n) is 2.43. The fourth-order valence-corrected chi connectivity index (χ4v) is 1.73. The first kappa shape index (κ1) is 17.7. The summed E-state index contributed by atoms with van der Waals surface area (Å²) in [4.78, 5) is 0. The lowest BCUT2D eigenvalue weighted by atomic mass is 10.1. The quantitative estimate of drug-likeness (QED) is 0.619. The van der Waals surface area contributed by atoms with Crippen molar-refractivity contribution in [1.82, 2.24) is 5.32 Å². The van der Waals surface area contributed by atoms with Gasteiger partial charge in [-0.3, -0.25) is 0 Å². The van der Waals surface area contributed by atoms with E-state index in [4.69, 9.17) is 9.47 Å². The Labute approximate surface area is 107 Å². The van der Waals surface area contributed by atoms with Gasteiger partial charge in [-0.25, -0.2) is 0 Å². The van der Waals surface area contributed by atoms with Crippen molar-refractivity contribution < 1.29 is 22.6 Å². The number of rotatable bonds is 10. The third kappa shape index (κ3) is 8.72. The van der Waals surface area contributed by atoms with Crippen molar-refractivity contribution >= 4 is 0 Å². The average molecular weight is 271 g/mol. The predicted molar refractivity (Wildman–Crippen MR) is 64.4 cm³/mol. The van der Waals surface area contributed by atoms with E-state index in [0.717, 1.165) is 0 Å². The van der Waals surface area contributed by atoms with Gasteiger partial charge < -0.3 is 14.8 Å². The number of alkyl halides is 3. The Bertz CT molecular complexity index is 194. The molecule has 0 fully saturated rings. The van der Waals surface area contributed by atoms with E-state index in [1.54, 1.807) is 0 Å². The maximum absolute atomic E-state index is 12.1. The van der Waals surface area contributed by atoms with Gasteiger partial charge in [-0.2, -0.15) is 13.2 Å². The maximum atomic E-state index is 12.1. The molecule has 6 heteroatoms. The predicted octanol–water partition coefficient (Wildman–Crippen LogP) is 3.10. The van der Waals surface area contributed by atoms with Crippen LogP contribution in [0.1, 0.15) is 40.0 Å². The summed E-state index contributed by atoms with van der Waals surface area (Å²) < 4.78 is 47.1. The van der Waals surface area contributed by atoms with Crippen molar-refractivity contribution in [3.8, 4) is 0 Å². The van der Waals surface area contributed by atoms with E-state index < -0.39 is 18.9 Å². The molecule has 0 aliphatic carbocycles. The zero-order valence-electron chi connectivity index (χ0n) is 11.3. The lowest BCUT2D eigenvalue weighted by molar-refractivity contribution is -0.159. The van der Waals surface area contributed by atoms with Crippen molar-refractivity contribution in [2.75, 3.05) is 19.8 Å². The number of ether oxygens (including phenoxy) is 2. The largest absolute Gasteiger partial charge is 0.389 e. The van der Waals surface area contributed by atoms with Gasteiger partial charge in [0.1, 0.15) is 0 Å². The van der Waals surface area contributed by atoms with Gasteiger partial charge in [0, 0.05) is 19.6 Å². The molecule has 0 amide bonds. The smallest absolute Gasteiger partial charge is 0.351 e. The van der Waals surface area contributed by atoms with Crippen molar-refractivity contribution in [3.05, 3.63) is 0 Å². The molecule has 0 heterocycles. The Kier molecular flexibility index (Phi) is 9.40. The molecule has 1 N–H and O–H groups in total. The van der Waals surface area contributed by atoms with Crippen molar-refractivity contribution in [1.29, 1.82) is 0 Å². The normalized spacial score (nSPS) is 14.2. The van der Waals surface area contributed by atoms with E-state index in [9.17, 15) is 13.2 Å². The molecule has 0 saturated carbocycles. The summed E-state index contributed by atoms with van der Waals surface area (Å²) in [6, 6.07) is -0.197. The summed E-state index contributed by atoms with van der Waals surface area (Å²) in [5, 5.41) is 3.12. The van der Waals surface area contributed by atoms with E-state index >= 15 is 0 Å². The molecule has 0 saturated heterocycles. The van der Waals surface area contributed by atoms with E-state index in [1.165, 1.54) is 0 Å². The van der Waals surface area contributed by atoms with Gasteiger partial charge in [-0.15, -0.1) is 0 Å². The Morgan fingerprint density at radius 3 is 2.00 bits per heavy atom. The maximum Gasteiger partial charge on any atom is 0.389 e. The lowest BCUT2D eigenvalue weighted by Crippen LogP contribution is -2.43. The first-order valence-corrected chi connectivity index (χ1v) is 6.47. The van der Waals surface area contributed by atoms with Gasteiger partial charge in [-0.05, 0) is 33.2 Å². The monoisotopic (exact) mass is 271 g/mol. The number of halogens is 3. The minimum atomic E-state index is -4.09. The molecule has 1 unspecified atom stereocenters. The summed E-state index contributed by atoms with van der Waals surface area (Å²) in [6.07, 6.45) is -4.87. The number of hydrogen-bond donors (Lipinski definition) is 1. The van der Waals surface area contributed by atoms with E-state index in [1.807, 2.05) is 20.8 Å². The summed E-state index contributed by atoms with van der Waals surface area (Å²) in [5.74, 6) is 0. The SMILES string of the molecule is CCNC(CCCC(F)(F)F)C(OCC)OCC. The molecule has 0 radical (unpaired) electrons. The molecule has 0 spiro atoms. The molecule has 0 rings (SSSR count). The van der Waals surface area contributed by atoms with Crippen LogP contribution in [0.25, 0.3) is 0 Å². The van der Waals surface area contributed by atoms with Crippen LogP contribution in [0.15, 0.2) is 0 Å². The van der Waals surface area contributed by atoms with Gasteiger partial charge in [-0.1, -0.05) is 6.92 Å². The topological polar surface area (TPSA) is 30.5 Å². The number of likely N-dealkylation sites (N-methyl/N-ethyl adjacent to an activating group) is 1. The van der Waals surface area contributed by atoms with E-state index in [0.29, 0.717) is 26.2 Å². The molecular formula is C12H24F3NO2. The van der Waals surface area contributed by atoms with Crippen LogP contribution in [0, 0.1) is 0 Å². The van der Waals surface area contributed by atoms with E-state index in [-0.39, 0.29) is 12.5 Å². The first-order chi connectivity index (χ1) is 8.44. The molecule has 0 aliphatic rings. The second-order valence-corrected chi connectivity index (χ2v) is 3.95. The minimum absolute atomic E-state index is 0.0812. The molecular weight excluding hydrogens is 247 g/mol. The van der Waals surface area contributed by atoms with Crippen molar-refractivity contribution in [2.24, 2.45) is 0 Å². The summed E-state index contributed by atoms with van der Waals surface area (Å²) in [7, 11) is 0. The van der Waals surface area contributed by atoms with Gasteiger partial charge in [0.25, 0.3) is 0 Å². The summed E-state index contributed by atoms with van der Waals surface area (Å²) in [5.41, 5.74) is 0. The van der Waals surface area contributed by atoms with E-state index in [2.05, 4.69) is 5.32 Å². The van der Waals surface area contributed by atoms with Crippen LogP contribution >= 0.6 is 0 Å². The Morgan fingerprint density at radius 2 is 1.61 bits per heavy atom. The Morgan fingerprint density at radius 1 is 1.06 bits per heavy atom. The highest BCUT2D eigenvalue weighted by atomic mass is 19.4. The molecule has 3 nitrogen and oxygen atoms in total. The van der Waals surface area contributed by atoms with Crippen LogP contribution in [0.5, 0.6) is 0 Å². The molecule has 0 aliphatic heterocycles. The van der Waals surface area contributed by atoms with Gasteiger partial charge in [0.2, 0.25) is 0 Å². The standard InChI is InChI=1S/C12H24F3NO2/c1-4-16-10(8-7-9-12(13,14)15)11(17-5-2)18-6-3/h10-11,16H,4-9H2,1-3H3. The zero-order valence-corrected chi connectivity index (χ0v) is 11.3. The average Bonchev–Trinajstić information content (AvgIpc) is 2.26. The van der Waals surface area contributed by atoms with Crippen molar-refractivity contribution in [2.45, 2.75) is 58.5 Å². The van der Waals surface area contributed by atoms with Crippen LogP contribution in [-0.2, 0) is 9.47 Å². The van der Waals surface area contributed by atoms with Crippen LogP contribution in [0.2, 0.25) is 0 Å². The fourth-order valence-electron chi connectivity index (χ4n) is 1.73. The third-order valence-corrected chi connectivity index (χ3v) is 2.43.